The van der Waals surface area contributed by atoms with E-state index in [4.69, 9.17) is 14.2 Å². The van der Waals surface area contributed by atoms with Gasteiger partial charge >= 0.3 is 0 Å². The zero-order chi connectivity index (χ0) is 28.0. The zero-order valence-corrected chi connectivity index (χ0v) is 24.2. The largest absolute Gasteiger partial charge is 0.383 e. The number of likely N-dealkylation sites (N-methyl/N-ethyl adjacent to an activating group) is 1. The number of hydrogen-bond donors (Lipinski definition) is 1. The van der Waals surface area contributed by atoms with Crippen LogP contribution in [-0.4, -0.2) is 115 Å². The molecule has 1 saturated heterocycles. The van der Waals surface area contributed by atoms with Gasteiger partial charge in [0.1, 0.15) is 5.00 Å². The second-order valence-electron chi connectivity index (χ2n) is 9.47. The van der Waals surface area contributed by atoms with E-state index in [9.17, 15) is 18.0 Å². The second-order valence-corrected chi connectivity index (χ2v) is 12.5. The van der Waals surface area contributed by atoms with Gasteiger partial charge in [0.2, 0.25) is 10.0 Å². The van der Waals surface area contributed by atoms with Crippen molar-refractivity contribution in [3.63, 3.8) is 0 Å². The zero-order valence-electron chi connectivity index (χ0n) is 22.6. The monoisotopic (exact) mass is 580 g/mol. The molecular formula is C26H36N4O7S2. The third kappa shape index (κ3) is 6.85. The van der Waals surface area contributed by atoms with Crippen LogP contribution in [0.5, 0.6) is 0 Å². The summed E-state index contributed by atoms with van der Waals surface area (Å²) >= 11 is 1.43. The molecule has 2 amide bonds. The van der Waals surface area contributed by atoms with Crippen LogP contribution in [0.15, 0.2) is 29.2 Å². The van der Waals surface area contributed by atoms with Gasteiger partial charge in [0.05, 0.1) is 36.9 Å². The maximum atomic E-state index is 13.5. The van der Waals surface area contributed by atoms with Gasteiger partial charge in [-0.2, -0.15) is 4.31 Å². The third-order valence-electron chi connectivity index (χ3n) is 6.83. The van der Waals surface area contributed by atoms with Gasteiger partial charge < -0.3 is 29.3 Å². The summed E-state index contributed by atoms with van der Waals surface area (Å²) < 4.78 is 43.2. The van der Waals surface area contributed by atoms with Gasteiger partial charge in [-0.15, -0.1) is 11.3 Å². The highest BCUT2D eigenvalue weighted by molar-refractivity contribution is 7.89. The van der Waals surface area contributed by atoms with Crippen molar-refractivity contribution in [2.24, 2.45) is 0 Å². The highest BCUT2D eigenvalue weighted by Gasteiger charge is 2.31. The number of fused-ring (bicyclic) bond motifs is 1. The normalized spacial score (nSPS) is 16.4. The van der Waals surface area contributed by atoms with E-state index in [2.05, 4.69) is 10.2 Å². The second kappa shape index (κ2) is 13.3. The standard InChI is InChI=1S/C26H36N4O7S2/c1-28-9-8-21-22(18-28)38-25(23(21)26(32)29-10-16-37-17-11-29)27-24(31)19-4-6-20(7-5-19)39(33,34)30(12-14-35-2)13-15-36-3/h4-7H,8-18H2,1-3H3,(H,27,31). The van der Waals surface area contributed by atoms with Crippen LogP contribution < -0.4 is 5.32 Å². The first kappa shape index (κ1) is 29.6. The number of hydrogen-bond acceptors (Lipinski definition) is 9. The molecule has 0 radical (unpaired) electrons. The minimum atomic E-state index is -3.81. The summed E-state index contributed by atoms with van der Waals surface area (Å²) in [6.45, 7) is 4.42. The Kier molecular flexibility index (Phi) is 10.1. The van der Waals surface area contributed by atoms with Crippen molar-refractivity contribution in [1.82, 2.24) is 14.1 Å². The number of thiophene rings is 1. The van der Waals surface area contributed by atoms with Crippen LogP contribution >= 0.6 is 11.3 Å². The van der Waals surface area contributed by atoms with Crippen LogP contribution in [0.1, 0.15) is 31.2 Å². The lowest BCUT2D eigenvalue weighted by molar-refractivity contribution is 0.0303. The molecule has 1 fully saturated rings. The average Bonchev–Trinajstić information content (AvgIpc) is 3.29. The van der Waals surface area contributed by atoms with Crippen LogP contribution in [0.2, 0.25) is 0 Å². The fourth-order valence-electron chi connectivity index (χ4n) is 4.61. The fourth-order valence-corrected chi connectivity index (χ4v) is 7.33. The summed E-state index contributed by atoms with van der Waals surface area (Å²) in [6, 6.07) is 5.81. The molecule has 39 heavy (non-hydrogen) atoms. The first-order valence-electron chi connectivity index (χ1n) is 12.9. The Balaban J connectivity index is 1.55. The van der Waals surface area contributed by atoms with Crippen LogP contribution in [0.25, 0.3) is 0 Å². The van der Waals surface area contributed by atoms with Gasteiger partial charge in [-0.1, -0.05) is 0 Å². The summed E-state index contributed by atoms with van der Waals surface area (Å²) in [6.07, 6.45) is 0.735. The number of carbonyl (C=O) groups is 2. The Bertz CT molecular complexity index is 1250. The average molecular weight is 581 g/mol. The number of carbonyl (C=O) groups excluding carboxylic acids is 2. The van der Waals surface area contributed by atoms with Crippen molar-refractivity contribution >= 4 is 38.2 Å². The van der Waals surface area contributed by atoms with E-state index in [1.165, 1.54) is 54.1 Å². The molecule has 0 unspecified atom stereocenters. The van der Waals surface area contributed by atoms with Crippen LogP contribution in [0.4, 0.5) is 5.00 Å². The molecule has 2 aliphatic heterocycles. The summed E-state index contributed by atoms with van der Waals surface area (Å²) in [5, 5.41) is 3.47. The molecule has 2 aromatic rings. The molecule has 0 saturated carbocycles. The lowest BCUT2D eigenvalue weighted by Gasteiger charge is -2.28. The van der Waals surface area contributed by atoms with Crippen molar-refractivity contribution in [2.45, 2.75) is 17.9 Å². The number of amides is 2. The number of morpholine rings is 1. The predicted octanol–water partition coefficient (Wildman–Crippen LogP) is 1.74. The predicted molar refractivity (Wildman–Crippen MR) is 148 cm³/mol. The highest BCUT2D eigenvalue weighted by Crippen LogP contribution is 2.38. The smallest absolute Gasteiger partial charge is 0.257 e. The molecule has 1 aromatic heterocycles. The van der Waals surface area contributed by atoms with E-state index in [1.807, 2.05) is 7.05 Å². The molecule has 214 valence electrons. The Hall–Kier alpha value is -2.39. The summed E-state index contributed by atoms with van der Waals surface area (Å²) in [5.74, 6) is -0.498. The van der Waals surface area contributed by atoms with E-state index in [0.717, 1.165) is 23.4 Å². The number of methoxy groups -OCH3 is 2. The van der Waals surface area contributed by atoms with Crippen LogP contribution in [-0.2, 0) is 37.2 Å². The van der Waals surface area contributed by atoms with Gasteiger partial charge in [0.15, 0.2) is 0 Å². The quantitative estimate of drug-likeness (QED) is 0.427. The summed E-state index contributed by atoms with van der Waals surface area (Å²) in [7, 11) is 1.25. The number of rotatable bonds is 11. The van der Waals surface area contributed by atoms with Crippen molar-refractivity contribution < 1.29 is 32.2 Å². The minimum Gasteiger partial charge on any atom is -0.383 e. The Morgan fingerprint density at radius 3 is 2.31 bits per heavy atom. The summed E-state index contributed by atoms with van der Waals surface area (Å²) in [4.78, 5) is 31.9. The van der Waals surface area contributed by atoms with Gasteiger partial charge in [0.25, 0.3) is 11.8 Å². The molecule has 0 atom stereocenters. The fraction of sp³-hybridized carbons (Fsp3) is 0.538. The molecule has 13 heteroatoms. The molecule has 1 N–H and O–H groups in total. The van der Waals surface area contributed by atoms with Crippen LogP contribution in [0, 0.1) is 0 Å². The molecule has 11 nitrogen and oxygen atoms in total. The Morgan fingerprint density at radius 2 is 1.69 bits per heavy atom. The number of nitrogens with zero attached hydrogens (tertiary/aromatic N) is 3. The number of benzene rings is 1. The molecule has 1 aromatic carbocycles. The van der Waals surface area contributed by atoms with E-state index >= 15 is 0 Å². The van der Waals surface area contributed by atoms with E-state index in [-0.39, 0.29) is 37.1 Å². The SMILES string of the molecule is COCCN(CCOC)S(=O)(=O)c1ccc(C(=O)Nc2sc3c(c2C(=O)N2CCOCC2)CCN(C)C3)cc1. The number of ether oxygens (including phenoxy) is 3. The minimum absolute atomic E-state index is 0.0732. The first-order chi connectivity index (χ1) is 18.8. The third-order valence-corrected chi connectivity index (χ3v) is 9.88. The number of anilines is 1. The van der Waals surface area contributed by atoms with Gasteiger partial charge in [-0.05, 0) is 43.3 Å². The molecule has 0 bridgehead atoms. The highest BCUT2D eigenvalue weighted by atomic mass is 32.2. The van der Waals surface area contributed by atoms with E-state index < -0.39 is 15.9 Å². The van der Waals surface area contributed by atoms with E-state index in [0.29, 0.717) is 49.0 Å². The van der Waals surface area contributed by atoms with E-state index in [1.54, 1.807) is 4.90 Å². The molecule has 2 aliphatic rings. The van der Waals surface area contributed by atoms with Crippen molar-refractivity contribution in [3.05, 3.63) is 45.8 Å². The lowest BCUT2D eigenvalue weighted by Crippen LogP contribution is -2.41. The Morgan fingerprint density at radius 1 is 1.05 bits per heavy atom. The molecular weight excluding hydrogens is 544 g/mol. The van der Waals surface area contributed by atoms with Crippen LogP contribution in [0.3, 0.4) is 0 Å². The molecule has 0 spiro atoms. The van der Waals surface area contributed by atoms with Crippen molar-refractivity contribution in [3.8, 4) is 0 Å². The van der Waals surface area contributed by atoms with Crippen molar-refractivity contribution in [1.29, 1.82) is 0 Å². The molecule has 3 heterocycles. The topological polar surface area (TPSA) is 118 Å². The van der Waals surface area contributed by atoms with Gasteiger partial charge in [0, 0.05) is 63.9 Å². The lowest BCUT2D eigenvalue weighted by atomic mass is 10.0. The van der Waals surface area contributed by atoms with Crippen molar-refractivity contribution in [2.75, 3.05) is 85.7 Å². The van der Waals surface area contributed by atoms with Gasteiger partial charge in [-0.25, -0.2) is 8.42 Å². The Labute approximate surface area is 233 Å². The first-order valence-corrected chi connectivity index (χ1v) is 15.1. The number of sulfonamides is 1. The molecule has 4 rings (SSSR count). The molecule has 0 aliphatic carbocycles. The maximum Gasteiger partial charge on any atom is 0.257 e. The number of nitrogens with one attached hydrogen (secondary N) is 1. The van der Waals surface area contributed by atoms with Gasteiger partial charge in [-0.3, -0.25) is 9.59 Å². The summed E-state index contributed by atoms with van der Waals surface area (Å²) in [5.41, 5.74) is 1.85. The maximum absolute atomic E-state index is 13.5.